The fourth-order valence-electron chi connectivity index (χ4n) is 3.20. The molecule has 0 aliphatic heterocycles. The van der Waals surface area contributed by atoms with E-state index in [0.717, 1.165) is 19.5 Å². The molecule has 0 aromatic rings. The molecule has 3 unspecified atom stereocenters. The van der Waals surface area contributed by atoms with Crippen molar-refractivity contribution < 1.29 is 0 Å². The zero-order chi connectivity index (χ0) is 16.1. The molecular formula is C19H38N2. The summed E-state index contributed by atoms with van der Waals surface area (Å²) < 4.78 is 0. The van der Waals surface area contributed by atoms with Crippen LogP contribution in [0, 0.1) is 5.92 Å². The van der Waals surface area contributed by atoms with Gasteiger partial charge >= 0.3 is 0 Å². The summed E-state index contributed by atoms with van der Waals surface area (Å²) in [5.74, 6) is 0.626. The van der Waals surface area contributed by atoms with E-state index in [0.29, 0.717) is 12.0 Å². The topological polar surface area (TPSA) is 29.3 Å². The molecular weight excluding hydrogens is 256 g/mol. The molecule has 0 fully saturated rings. The van der Waals surface area contributed by atoms with Crippen LogP contribution in [0.1, 0.15) is 65.7 Å². The molecule has 0 rings (SSSR count). The number of unbranched alkanes of at least 4 members (excludes halogenated alkanes) is 3. The van der Waals surface area contributed by atoms with Crippen molar-refractivity contribution in [2.24, 2.45) is 11.7 Å². The SMILES string of the molecule is C=CCN(CC=C)C(C(C)CCCC)C(N)CCCCC. The van der Waals surface area contributed by atoms with Crippen molar-refractivity contribution in [3.05, 3.63) is 25.3 Å². The van der Waals surface area contributed by atoms with Gasteiger partial charge in [0.1, 0.15) is 0 Å². The third-order valence-electron chi connectivity index (χ3n) is 4.32. The summed E-state index contributed by atoms with van der Waals surface area (Å²) in [5, 5.41) is 0. The lowest BCUT2D eigenvalue weighted by atomic mass is 9.87. The summed E-state index contributed by atoms with van der Waals surface area (Å²) in [6.45, 7) is 16.5. The molecule has 2 nitrogen and oxygen atoms in total. The van der Waals surface area contributed by atoms with Crippen LogP contribution in [0.3, 0.4) is 0 Å². The second-order valence-corrected chi connectivity index (χ2v) is 6.30. The van der Waals surface area contributed by atoms with Gasteiger partial charge in [0.05, 0.1) is 0 Å². The normalized spacial score (nSPS) is 15.7. The Morgan fingerprint density at radius 1 is 0.952 bits per heavy atom. The van der Waals surface area contributed by atoms with Crippen LogP contribution in [0.2, 0.25) is 0 Å². The third kappa shape index (κ3) is 8.43. The Bertz CT molecular complexity index is 252. The third-order valence-corrected chi connectivity index (χ3v) is 4.32. The van der Waals surface area contributed by atoms with E-state index in [1.165, 1.54) is 38.5 Å². The van der Waals surface area contributed by atoms with Gasteiger partial charge in [-0.3, -0.25) is 4.90 Å². The molecule has 0 saturated heterocycles. The first-order valence-electron chi connectivity index (χ1n) is 8.83. The van der Waals surface area contributed by atoms with Gasteiger partial charge in [-0.1, -0.05) is 65.0 Å². The average molecular weight is 295 g/mol. The standard InChI is InChI=1S/C19H38N2/c1-6-10-12-14-18(20)19(17(5)13-11-7-2)21(15-8-3)16-9-4/h8-9,17-19H,3-4,6-7,10-16,20H2,1-2,5H3. The van der Waals surface area contributed by atoms with Gasteiger partial charge in [-0.2, -0.15) is 0 Å². The molecule has 0 amide bonds. The largest absolute Gasteiger partial charge is 0.326 e. The van der Waals surface area contributed by atoms with Crippen molar-refractivity contribution in [1.29, 1.82) is 0 Å². The predicted octanol–water partition coefficient (Wildman–Crippen LogP) is 4.76. The van der Waals surface area contributed by atoms with Crippen molar-refractivity contribution in [2.45, 2.75) is 77.8 Å². The summed E-state index contributed by atoms with van der Waals surface area (Å²) >= 11 is 0. The number of hydrogen-bond donors (Lipinski definition) is 1. The predicted molar refractivity (Wildman–Crippen MR) is 96.6 cm³/mol. The number of hydrogen-bond acceptors (Lipinski definition) is 2. The maximum Gasteiger partial charge on any atom is 0.0279 e. The summed E-state index contributed by atoms with van der Waals surface area (Å²) in [7, 11) is 0. The Morgan fingerprint density at radius 3 is 2.00 bits per heavy atom. The van der Waals surface area contributed by atoms with Gasteiger partial charge in [0.15, 0.2) is 0 Å². The number of nitrogens with two attached hydrogens (primary N) is 1. The summed E-state index contributed by atoms with van der Waals surface area (Å²) in [4.78, 5) is 2.46. The van der Waals surface area contributed by atoms with Crippen molar-refractivity contribution in [2.75, 3.05) is 13.1 Å². The number of nitrogens with zero attached hydrogens (tertiary/aromatic N) is 1. The van der Waals surface area contributed by atoms with Crippen LogP contribution in [-0.2, 0) is 0 Å². The highest BCUT2D eigenvalue weighted by Gasteiger charge is 2.28. The first kappa shape index (κ1) is 20.4. The van der Waals surface area contributed by atoms with Crippen LogP contribution >= 0.6 is 0 Å². The molecule has 2 heteroatoms. The Kier molecular flexibility index (Phi) is 12.7. The first-order valence-corrected chi connectivity index (χ1v) is 8.83. The van der Waals surface area contributed by atoms with Gasteiger partial charge in [0.2, 0.25) is 0 Å². The highest BCUT2D eigenvalue weighted by molar-refractivity contribution is 4.92. The van der Waals surface area contributed by atoms with E-state index in [1.54, 1.807) is 0 Å². The van der Waals surface area contributed by atoms with Gasteiger partial charge in [-0.15, -0.1) is 13.2 Å². The summed E-state index contributed by atoms with van der Waals surface area (Å²) in [6.07, 6.45) is 12.7. The van der Waals surface area contributed by atoms with Crippen molar-refractivity contribution in [1.82, 2.24) is 4.90 Å². The molecule has 0 aromatic heterocycles. The van der Waals surface area contributed by atoms with Gasteiger partial charge in [-0.05, 0) is 18.8 Å². The maximum atomic E-state index is 6.58. The van der Waals surface area contributed by atoms with E-state index < -0.39 is 0 Å². The van der Waals surface area contributed by atoms with Crippen LogP contribution in [-0.4, -0.2) is 30.1 Å². The van der Waals surface area contributed by atoms with Crippen LogP contribution in [0.5, 0.6) is 0 Å². The molecule has 0 spiro atoms. The van der Waals surface area contributed by atoms with E-state index in [9.17, 15) is 0 Å². The smallest absolute Gasteiger partial charge is 0.0279 e. The van der Waals surface area contributed by atoms with Crippen LogP contribution in [0.4, 0.5) is 0 Å². The van der Waals surface area contributed by atoms with Crippen LogP contribution in [0.25, 0.3) is 0 Å². The van der Waals surface area contributed by atoms with Gasteiger partial charge < -0.3 is 5.73 Å². The summed E-state index contributed by atoms with van der Waals surface area (Å²) in [5.41, 5.74) is 6.58. The van der Waals surface area contributed by atoms with Gasteiger partial charge in [-0.25, -0.2) is 0 Å². The molecule has 2 N–H and O–H groups in total. The Labute approximate surface area is 133 Å². The Balaban J connectivity index is 4.84. The zero-order valence-electron chi connectivity index (χ0n) is 14.7. The average Bonchev–Trinajstić information content (AvgIpc) is 2.46. The lowest BCUT2D eigenvalue weighted by molar-refractivity contribution is 0.140. The Morgan fingerprint density at radius 2 is 1.52 bits per heavy atom. The van der Waals surface area contributed by atoms with E-state index >= 15 is 0 Å². The molecule has 0 aliphatic rings. The van der Waals surface area contributed by atoms with E-state index in [1.807, 2.05) is 12.2 Å². The lowest BCUT2D eigenvalue weighted by Crippen LogP contribution is -2.51. The fraction of sp³-hybridized carbons (Fsp3) is 0.789. The molecule has 124 valence electrons. The minimum Gasteiger partial charge on any atom is -0.326 e. The fourth-order valence-corrected chi connectivity index (χ4v) is 3.20. The molecule has 0 saturated carbocycles. The monoisotopic (exact) mass is 294 g/mol. The van der Waals surface area contributed by atoms with E-state index in [2.05, 4.69) is 38.8 Å². The van der Waals surface area contributed by atoms with Gasteiger partial charge in [0, 0.05) is 25.2 Å². The quantitative estimate of drug-likeness (QED) is 0.369. The van der Waals surface area contributed by atoms with Crippen molar-refractivity contribution >= 4 is 0 Å². The second kappa shape index (κ2) is 13.1. The lowest BCUT2D eigenvalue weighted by Gasteiger charge is -2.38. The molecule has 0 aromatic carbocycles. The highest BCUT2D eigenvalue weighted by Crippen LogP contribution is 2.22. The van der Waals surface area contributed by atoms with Crippen LogP contribution < -0.4 is 5.73 Å². The minimum atomic E-state index is 0.253. The molecule has 21 heavy (non-hydrogen) atoms. The van der Waals surface area contributed by atoms with Crippen LogP contribution in [0.15, 0.2) is 25.3 Å². The molecule has 0 heterocycles. The van der Waals surface area contributed by atoms with Crippen molar-refractivity contribution in [3.8, 4) is 0 Å². The van der Waals surface area contributed by atoms with E-state index in [4.69, 9.17) is 5.73 Å². The molecule has 3 atom stereocenters. The Hall–Kier alpha value is -0.600. The molecule has 0 bridgehead atoms. The number of rotatable bonds is 14. The minimum absolute atomic E-state index is 0.253. The zero-order valence-corrected chi connectivity index (χ0v) is 14.7. The highest BCUT2D eigenvalue weighted by atomic mass is 15.2. The first-order chi connectivity index (χ1) is 10.1. The van der Waals surface area contributed by atoms with Gasteiger partial charge in [0.25, 0.3) is 0 Å². The van der Waals surface area contributed by atoms with E-state index in [-0.39, 0.29) is 6.04 Å². The van der Waals surface area contributed by atoms with Crippen molar-refractivity contribution in [3.63, 3.8) is 0 Å². The maximum absolute atomic E-state index is 6.58. The molecule has 0 aliphatic carbocycles. The second-order valence-electron chi connectivity index (χ2n) is 6.30. The summed E-state index contributed by atoms with van der Waals surface area (Å²) in [6, 6.07) is 0.688. The molecule has 0 radical (unpaired) electrons.